The van der Waals surface area contributed by atoms with Crippen molar-refractivity contribution < 1.29 is 0 Å². The van der Waals surface area contributed by atoms with Gasteiger partial charge in [0, 0.05) is 27.2 Å². The Balaban J connectivity index is 1.26. The minimum Gasteiger partial charge on any atom is -0.309 e. The molecule has 0 radical (unpaired) electrons. The summed E-state index contributed by atoms with van der Waals surface area (Å²) in [5.74, 6) is 0. The number of aromatic nitrogens is 2. The van der Waals surface area contributed by atoms with E-state index in [1.165, 1.54) is 81.2 Å². The highest BCUT2D eigenvalue weighted by atomic mass is 28.3. The van der Waals surface area contributed by atoms with Crippen LogP contribution < -0.4 is 20.7 Å². The third-order valence-corrected chi connectivity index (χ3v) is 16.6. The van der Waals surface area contributed by atoms with E-state index in [2.05, 4.69) is 240 Å². The van der Waals surface area contributed by atoms with Crippen LogP contribution in [0.5, 0.6) is 0 Å². The van der Waals surface area contributed by atoms with Crippen LogP contribution in [0.2, 0.25) is 0 Å². The molecule has 0 atom stereocenters. The molecule has 2 heterocycles. The summed E-state index contributed by atoms with van der Waals surface area (Å²) >= 11 is 0. The summed E-state index contributed by atoms with van der Waals surface area (Å²) in [6.07, 6.45) is 0. The van der Waals surface area contributed by atoms with Gasteiger partial charge in [0.25, 0.3) is 0 Å². The second kappa shape index (κ2) is 13.5. The molecule has 0 aliphatic rings. The van der Waals surface area contributed by atoms with Crippen molar-refractivity contribution in [3.05, 3.63) is 231 Å². The highest BCUT2D eigenvalue weighted by Crippen LogP contribution is 2.43. The first kappa shape index (κ1) is 33.2. The maximum absolute atomic E-state index is 2.75. The van der Waals surface area contributed by atoms with Gasteiger partial charge in [-0.1, -0.05) is 188 Å². The normalized spacial score (nSPS) is 11.9. The Morgan fingerprint density at radius 1 is 0.298 bits per heavy atom. The van der Waals surface area contributed by atoms with Crippen LogP contribution in [-0.2, 0) is 0 Å². The molecule has 0 N–H and O–H groups in total. The summed E-state index contributed by atoms with van der Waals surface area (Å²) in [5.41, 5.74) is 9.53. The molecule has 2 aromatic heterocycles. The maximum Gasteiger partial charge on any atom is 0.179 e. The fourth-order valence-corrected chi connectivity index (χ4v) is 14.3. The zero-order chi connectivity index (χ0) is 37.8. The van der Waals surface area contributed by atoms with E-state index in [1.54, 1.807) is 0 Å². The second-order valence-corrected chi connectivity index (χ2v) is 18.6. The van der Waals surface area contributed by atoms with Gasteiger partial charge in [-0.2, -0.15) is 0 Å². The van der Waals surface area contributed by atoms with Gasteiger partial charge in [-0.05, 0) is 74.3 Å². The lowest BCUT2D eigenvalue weighted by Crippen LogP contribution is -2.74. The number of hydrogen-bond acceptors (Lipinski definition) is 0. The molecule has 0 unspecified atom stereocenters. The van der Waals surface area contributed by atoms with E-state index < -0.39 is 8.07 Å². The summed E-state index contributed by atoms with van der Waals surface area (Å²) in [6, 6.07) is 85.1. The number of hydrogen-bond donors (Lipinski definition) is 0. The summed E-state index contributed by atoms with van der Waals surface area (Å²) in [5, 5.41) is 10.5. The molecule has 11 rings (SSSR count). The number of rotatable bonds is 7. The topological polar surface area (TPSA) is 9.86 Å². The van der Waals surface area contributed by atoms with Crippen molar-refractivity contribution in [2.24, 2.45) is 0 Å². The summed E-state index contributed by atoms with van der Waals surface area (Å²) in [7, 11) is -2.75. The smallest absolute Gasteiger partial charge is 0.179 e. The molecule has 0 bridgehead atoms. The summed E-state index contributed by atoms with van der Waals surface area (Å²) in [6.45, 7) is 0. The number of fused-ring (bicyclic) bond motifs is 6. The fourth-order valence-electron chi connectivity index (χ4n) is 9.52. The average molecular weight is 743 g/mol. The lowest BCUT2D eigenvalue weighted by molar-refractivity contribution is 1.17. The Morgan fingerprint density at radius 3 is 1.42 bits per heavy atom. The van der Waals surface area contributed by atoms with E-state index in [0.29, 0.717) is 0 Å². The van der Waals surface area contributed by atoms with Crippen molar-refractivity contribution in [3.8, 4) is 22.5 Å². The van der Waals surface area contributed by atoms with Crippen molar-refractivity contribution in [2.45, 2.75) is 0 Å². The first-order chi connectivity index (χ1) is 28.3. The van der Waals surface area contributed by atoms with Crippen molar-refractivity contribution in [2.75, 3.05) is 0 Å². The first-order valence-corrected chi connectivity index (χ1v) is 21.7. The molecule has 9 aromatic carbocycles. The molecule has 0 amide bonds. The van der Waals surface area contributed by atoms with Crippen LogP contribution in [0.1, 0.15) is 0 Å². The Bertz CT molecular complexity index is 3110. The molecule has 268 valence electrons. The molecule has 0 fully saturated rings. The van der Waals surface area contributed by atoms with Gasteiger partial charge in [-0.15, -0.1) is 0 Å². The van der Waals surface area contributed by atoms with Crippen LogP contribution in [0.15, 0.2) is 231 Å². The van der Waals surface area contributed by atoms with E-state index in [1.807, 2.05) is 0 Å². The lowest BCUT2D eigenvalue weighted by Gasteiger charge is -2.34. The zero-order valence-corrected chi connectivity index (χ0v) is 32.3. The predicted octanol–water partition coefficient (Wildman–Crippen LogP) is 10.9. The monoisotopic (exact) mass is 742 g/mol. The standard InChI is InChI=1S/C54H38N2Si/c1-6-20-39(21-7-1)45-31-18-33-50-53(45)54-51(55(50)40-22-8-2-9-23-40)34-19-35-52(54)56-48-32-17-16-30-46(48)47-38-44(36-37-49(47)56)57(41-24-10-3-11-25-41,42-26-12-4-13-27-42)43-28-14-5-15-29-43/h1-38H. The molecule has 3 heteroatoms. The fraction of sp³-hybridized carbons (Fsp3) is 0. The molecule has 2 nitrogen and oxygen atoms in total. The summed E-state index contributed by atoms with van der Waals surface area (Å²) in [4.78, 5) is 0. The Kier molecular flexibility index (Phi) is 7.87. The van der Waals surface area contributed by atoms with Crippen LogP contribution in [-0.4, -0.2) is 17.2 Å². The largest absolute Gasteiger partial charge is 0.309 e. The molecule has 0 aliphatic heterocycles. The Hall–Kier alpha value is -7.20. The van der Waals surface area contributed by atoms with E-state index >= 15 is 0 Å². The highest BCUT2D eigenvalue weighted by Gasteiger charge is 2.41. The number of benzene rings is 9. The Morgan fingerprint density at radius 2 is 0.789 bits per heavy atom. The van der Waals surface area contributed by atoms with Crippen LogP contribution >= 0.6 is 0 Å². The van der Waals surface area contributed by atoms with Crippen LogP contribution in [0, 0.1) is 0 Å². The second-order valence-electron chi connectivity index (χ2n) is 14.8. The zero-order valence-electron chi connectivity index (χ0n) is 31.3. The number of nitrogens with zero attached hydrogens (tertiary/aromatic N) is 2. The van der Waals surface area contributed by atoms with Gasteiger partial charge < -0.3 is 9.13 Å². The van der Waals surface area contributed by atoms with Crippen molar-refractivity contribution >= 4 is 72.4 Å². The average Bonchev–Trinajstić information content (AvgIpc) is 3.81. The van der Waals surface area contributed by atoms with Gasteiger partial charge in [0.2, 0.25) is 0 Å². The lowest BCUT2D eigenvalue weighted by atomic mass is 9.99. The van der Waals surface area contributed by atoms with E-state index in [0.717, 1.165) is 5.69 Å². The first-order valence-electron chi connectivity index (χ1n) is 19.7. The number of para-hydroxylation sites is 2. The molecular weight excluding hydrogens is 705 g/mol. The minimum absolute atomic E-state index is 1.15. The van der Waals surface area contributed by atoms with Gasteiger partial charge in [0.1, 0.15) is 0 Å². The summed E-state index contributed by atoms with van der Waals surface area (Å²) < 4.78 is 4.95. The van der Waals surface area contributed by atoms with Crippen molar-refractivity contribution in [1.82, 2.24) is 9.13 Å². The van der Waals surface area contributed by atoms with Crippen LogP contribution in [0.25, 0.3) is 66.1 Å². The molecule has 0 saturated carbocycles. The SMILES string of the molecule is c1ccc(-c2cccc3c2c2c(-n4c5ccccc5c5cc([Si](c6ccccc6)(c6ccccc6)c6ccccc6)ccc54)cccc2n3-c2ccccc2)cc1. The van der Waals surface area contributed by atoms with Crippen LogP contribution in [0.3, 0.4) is 0 Å². The van der Waals surface area contributed by atoms with Gasteiger partial charge in [-0.25, -0.2) is 0 Å². The maximum atomic E-state index is 2.52. The quantitative estimate of drug-likeness (QED) is 0.114. The minimum atomic E-state index is -2.75. The van der Waals surface area contributed by atoms with Crippen LogP contribution in [0.4, 0.5) is 0 Å². The van der Waals surface area contributed by atoms with Gasteiger partial charge in [0.05, 0.1) is 27.8 Å². The highest BCUT2D eigenvalue weighted by molar-refractivity contribution is 7.20. The van der Waals surface area contributed by atoms with Gasteiger partial charge in [0.15, 0.2) is 8.07 Å². The molecule has 57 heavy (non-hydrogen) atoms. The molecule has 0 spiro atoms. The Labute approximate surface area is 333 Å². The van der Waals surface area contributed by atoms with Crippen molar-refractivity contribution in [3.63, 3.8) is 0 Å². The van der Waals surface area contributed by atoms with E-state index in [-0.39, 0.29) is 0 Å². The molecular formula is C54H38N2Si. The van der Waals surface area contributed by atoms with E-state index in [4.69, 9.17) is 0 Å². The van der Waals surface area contributed by atoms with Gasteiger partial charge in [-0.3, -0.25) is 0 Å². The van der Waals surface area contributed by atoms with Gasteiger partial charge >= 0.3 is 0 Å². The van der Waals surface area contributed by atoms with Crippen molar-refractivity contribution in [1.29, 1.82) is 0 Å². The molecule has 0 saturated heterocycles. The molecule has 11 aromatic rings. The molecule has 0 aliphatic carbocycles. The third-order valence-electron chi connectivity index (χ3n) is 11.9. The third kappa shape index (κ3) is 5.10. The van der Waals surface area contributed by atoms with E-state index in [9.17, 15) is 0 Å². The predicted molar refractivity (Wildman–Crippen MR) is 244 cm³/mol.